The highest BCUT2D eigenvalue weighted by Crippen LogP contribution is 2.13. The molecule has 0 bridgehead atoms. The molecule has 0 spiro atoms. The molecular weight excluding hydrogens is 198 g/mol. The van der Waals surface area contributed by atoms with E-state index in [0.717, 1.165) is 0 Å². The number of carboxylic acid groups (broad SMARTS) is 1. The van der Waals surface area contributed by atoms with Crippen molar-refractivity contribution in [2.24, 2.45) is 5.73 Å². The summed E-state index contributed by atoms with van der Waals surface area (Å²) in [6, 6.07) is 2.87. The highest BCUT2D eigenvalue weighted by molar-refractivity contribution is 5.67. The molecule has 0 aliphatic rings. The van der Waals surface area contributed by atoms with Crippen LogP contribution in [0, 0.1) is 0 Å². The summed E-state index contributed by atoms with van der Waals surface area (Å²) in [5.41, 5.74) is 6.98. The molecule has 3 N–H and O–H groups in total. The first-order valence-electron chi connectivity index (χ1n) is 4.32. The zero-order valence-electron chi connectivity index (χ0n) is 7.74. The van der Waals surface area contributed by atoms with Crippen LogP contribution in [0.3, 0.4) is 0 Å². The van der Waals surface area contributed by atoms with Crippen LogP contribution in [0.2, 0.25) is 0 Å². The molecule has 7 nitrogen and oxygen atoms in total. The van der Waals surface area contributed by atoms with E-state index in [4.69, 9.17) is 10.8 Å². The Hall–Kier alpha value is -2.02. The third kappa shape index (κ3) is 1.91. The van der Waals surface area contributed by atoms with Gasteiger partial charge in [0.15, 0.2) is 5.65 Å². The van der Waals surface area contributed by atoms with E-state index in [1.165, 1.54) is 4.52 Å². The zero-order valence-corrected chi connectivity index (χ0v) is 7.74. The summed E-state index contributed by atoms with van der Waals surface area (Å²) in [5, 5.41) is 19.5. The number of aliphatic carboxylic acids is 1. The minimum Gasteiger partial charge on any atom is -0.481 e. The molecule has 1 unspecified atom stereocenters. The van der Waals surface area contributed by atoms with Gasteiger partial charge in [-0.25, -0.2) is 4.52 Å². The van der Waals surface area contributed by atoms with E-state index in [1.54, 1.807) is 18.3 Å². The van der Waals surface area contributed by atoms with Crippen molar-refractivity contribution in [3.8, 4) is 0 Å². The topological polar surface area (TPSA) is 106 Å². The van der Waals surface area contributed by atoms with Crippen LogP contribution in [0.25, 0.3) is 5.65 Å². The van der Waals surface area contributed by atoms with Gasteiger partial charge in [-0.15, -0.1) is 5.10 Å². The van der Waals surface area contributed by atoms with Crippen molar-refractivity contribution < 1.29 is 9.90 Å². The number of rotatable bonds is 3. The average Bonchev–Trinajstić information content (AvgIpc) is 2.62. The molecule has 7 heteroatoms. The molecule has 2 heterocycles. The van der Waals surface area contributed by atoms with Crippen molar-refractivity contribution >= 4 is 11.6 Å². The Morgan fingerprint density at radius 3 is 3.13 bits per heavy atom. The van der Waals surface area contributed by atoms with Crippen LogP contribution < -0.4 is 5.73 Å². The predicted octanol–water partition coefficient (Wildman–Crippen LogP) is -0.401. The number of fused-ring (bicyclic) bond motifs is 1. The minimum absolute atomic E-state index is 0.117. The summed E-state index contributed by atoms with van der Waals surface area (Å²) in [7, 11) is 0. The van der Waals surface area contributed by atoms with E-state index in [0.29, 0.717) is 11.2 Å². The summed E-state index contributed by atoms with van der Waals surface area (Å²) in [6.45, 7) is 0. The Morgan fingerprint density at radius 2 is 2.40 bits per heavy atom. The van der Waals surface area contributed by atoms with Gasteiger partial charge in [0.25, 0.3) is 0 Å². The number of nitrogens with two attached hydrogens (primary N) is 1. The highest BCUT2D eigenvalue weighted by Gasteiger charge is 2.11. The van der Waals surface area contributed by atoms with Gasteiger partial charge in [-0.1, -0.05) is 6.07 Å². The standard InChI is InChI=1S/C8H9N5O2/c9-6(3-8(14)15)5-1-2-7-10-11-12-13(7)4-5/h1-2,4,6H,3,9H2,(H,14,15). The van der Waals surface area contributed by atoms with Crippen LogP contribution >= 0.6 is 0 Å². The van der Waals surface area contributed by atoms with Gasteiger partial charge < -0.3 is 10.8 Å². The number of pyridine rings is 1. The first-order chi connectivity index (χ1) is 7.16. The SMILES string of the molecule is NC(CC(=O)O)c1ccc2nnnn2c1. The van der Waals surface area contributed by atoms with Gasteiger partial charge in [0.05, 0.1) is 6.42 Å². The average molecular weight is 207 g/mol. The molecule has 0 aromatic carbocycles. The second-order valence-corrected chi connectivity index (χ2v) is 3.15. The van der Waals surface area contributed by atoms with Crippen LogP contribution in [0.5, 0.6) is 0 Å². The quantitative estimate of drug-likeness (QED) is 0.709. The van der Waals surface area contributed by atoms with E-state index < -0.39 is 12.0 Å². The van der Waals surface area contributed by atoms with Gasteiger partial charge in [-0.2, -0.15) is 0 Å². The Bertz CT molecular complexity index is 494. The van der Waals surface area contributed by atoms with Crippen LogP contribution in [0.1, 0.15) is 18.0 Å². The fourth-order valence-corrected chi connectivity index (χ4v) is 1.28. The zero-order chi connectivity index (χ0) is 10.8. The molecule has 15 heavy (non-hydrogen) atoms. The van der Waals surface area contributed by atoms with E-state index in [2.05, 4.69) is 15.5 Å². The lowest BCUT2D eigenvalue weighted by atomic mass is 10.1. The maximum Gasteiger partial charge on any atom is 0.305 e. The Labute approximate surface area is 84.5 Å². The summed E-state index contributed by atoms with van der Waals surface area (Å²) < 4.78 is 1.46. The normalized spacial score (nSPS) is 12.9. The number of hydrogen-bond donors (Lipinski definition) is 2. The first-order valence-corrected chi connectivity index (χ1v) is 4.32. The van der Waals surface area contributed by atoms with Crippen LogP contribution in [-0.2, 0) is 4.79 Å². The predicted molar refractivity (Wildman–Crippen MR) is 50.0 cm³/mol. The van der Waals surface area contributed by atoms with Gasteiger partial charge in [-0.05, 0) is 22.1 Å². The maximum atomic E-state index is 10.5. The van der Waals surface area contributed by atoms with Crippen molar-refractivity contribution in [3.63, 3.8) is 0 Å². The summed E-state index contributed by atoms with van der Waals surface area (Å²) in [6.07, 6.45) is 1.51. The number of hydrogen-bond acceptors (Lipinski definition) is 5. The molecule has 2 aromatic heterocycles. The van der Waals surface area contributed by atoms with E-state index in [9.17, 15) is 4.79 Å². The third-order valence-corrected chi connectivity index (χ3v) is 2.04. The van der Waals surface area contributed by atoms with Gasteiger partial charge in [0.1, 0.15) is 0 Å². The summed E-state index contributed by atoms with van der Waals surface area (Å²) in [4.78, 5) is 10.5. The molecule has 0 radical (unpaired) electrons. The lowest BCUT2D eigenvalue weighted by molar-refractivity contribution is -0.137. The smallest absolute Gasteiger partial charge is 0.305 e. The van der Waals surface area contributed by atoms with Gasteiger partial charge in [0, 0.05) is 12.2 Å². The second kappa shape index (κ2) is 3.62. The Kier molecular flexibility index (Phi) is 2.30. The number of carbonyl (C=O) groups is 1. The molecule has 0 saturated carbocycles. The molecule has 0 amide bonds. The van der Waals surface area contributed by atoms with Crippen molar-refractivity contribution in [2.45, 2.75) is 12.5 Å². The van der Waals surface area contributed by atoms with Crippen LogP contribution in [0.4, 0.5) is 0 Å². The number of carboxylic acids is 1. The molecule has 2 rings (SSSR count). The Morgan fingerprint density at radius 1 is 1.60 bits per heavy atom. The molecule has 0 aliphatic heterocycles. The van der Waals surface area contributed by atoms with Crippen LogP contribution in [-0.4, -0.2) is 31.1 Å². The van der Waals surface area contributed by atoms with Crippen molar-refractivity contribution in [1.29, 1.82) is 0 Å². The molecule has 0 saturated heterocycles. The van der Waals surface area contributed by atoms with E-state index >= 15 is 0 Å². The van der Waals surface area contributed by atoms with Crippen molar-refractivity contribution in [3.05, 3.63) is 23.9 Å². The Balaban J connectivity index is 2.30. The number of tetrazole rings is 1. The summed E-state index contributed by atoms with van der Waals surface area (Å²) in [5.74, 6) is -0.931. The molecule has 0 aliphatic carbocycles. The van der Waals surface area contributed by atoms with E-state index in [-0.39, 0.29) is 6.42 Å². The molecule has 78 valence electrons. The van der Waals surface area contributed by atoms with Gasteiger partial charge in [0.2, 0.25) is 0 Å². The van der Waals surface area contributed by atoms with Crippen LogP contribution in [0.15, 0.2) is 18.3 Å². The first kappa shape index (κ1) is 9.53. The van der Waals surface area contributed by atoms with Gasteiger partial charge >= 0.3 is 5.97 Å². The molecule has 1 atom stereocenters. The fraction of sp³-hybridized carbons (Fsp3) is 0.250. The number of nitrogens with zero attached hydrogens (tertiary/aromatic N) is 4. The second-order valence-electron chi connectivity index (χ2n) is 3.15. The lowest BCUT2D eigenvalue weighted by Gasteiger charge is -2.08. The van der Waals surface area contributed by atoms with Gasteiger partial charge in [-0.3, -0.25) is 4.79 Å². The number of aromatic nitrogens is 4. The highest BCUT2D eigenvalue weighted by atomic mass is 16.4. The molecule has 0 fully saturated rings. The summed E-state index contributed by atoms with van der Waals surface area (Å²) >= 11 is 0. The van der Waals surface area contributed by atoms with Crippen molar-refractivity contribution in [2.75, 3.05) is 0 Å². The minimum atomic E-state index is -0.931. The molecule has 2 aromatic rings. The van der Waals surface area contributed by atoms with Crippen molar-refractivity contribution in [1.82, 2.24) is 20.0 Å². The lowest BCUT2D eigenvalue weighted by Crippen LogP contribution is -2.15. The monoisotopic (exact) mass is 207 g/mol. The molecular formula is C8H9N5O2. The maximum absolute atomic E-state index is 10.5. The van der Waals surface area contributed by atoms with E-state index in [1.807, 2.05) is 0 Å². The third-order valence-electron chi connectivity index (χ3n) is 2.04. The largest absolute Gasteiger partial charge is 0.481 e. The fourth-order valence-electron chi connectivity index (χ4n) is 1.28.